The molecule has 0 saturated heterocycles. The highest BCUT2D eigenvalue weighted by Crippen LogP contribution is 2.32. The Morgan fingerprint density at radius 2 is 1.03 bits per heavy atom. The monoisotopic (exact) mass is 512 g/mol. The predicted octanol–water partition coefficient (Wildman–Crippen LogP) is 6.82. The molecule has 10 heteroatoms. The Morgan fingerprint density at radius 3 is 1.38 bits per heavy atom. The summed E-state index contributed by atoms with van der Waals surface area (Å²) in [5.41, 5.74) is 0.609. The van der Waals surface area contributed by atoms with Crippen LogP contribution in [0, 0.1) is 0 Å². The maximum Gasteiger partial charge on any atom is 0.256 e. The smallest absolute Gasteiger partial charge is 0.256 e. The number of halogens is 4. The second-order valence-corrected chi connectivity index (χ2v) is 8.10. The molecule has 0 unspecified atom stereocenters. The van der Waals surface area contributed by atoms with E-state index >= 15 is 0 Å². The number of nitrogens with one attached hydrogen (secondary N) is 2. The summed E-state index contributed by atoms with van der Waals surface area (Å²) < 4.78 is 10.5. The average Bonchev–Trinajstić information content (AvgIpc) is 2.75. The summed E-state index contributed by atoms with van der Waals surface area (Å²) in [5, 5.41) is 6.35. The van der Waals surface area contributed by atoms with E-state index in [9.17, 15) is 9.59 Å². The molecule has 0 heterocycles. The average molecular weight is 514 g/mol. The molecule has 6 nitrogen and oxygen atoms in total. The van der Waals surface area contributed by atoms with Crippen LogP contribution in [0.5, 0.6) is 11.5 Å². The minimum absolute atomic E-state index is 0.0140. The van der Waals surface area contributed by atoms with Crippen LogP contribution >= 0.6 is 46.4 Å². The maximum absolute atomic E-state index is 13.1. The molecule has 0 fully saturated rings. The fraction of sp³-hybridized carbons (Fsp3) is 0.0909. The number of carbonyl (C=O) groups excluding carboxylic acids is 2. The van der Waals surface area contributed by atoms with Crippen LogP contribution in [0.1, 0.15) is 20.7 Å². The molecule has 3 aromatic carbocycles. The Hall–Kier alpha value is -2.64. The molecule has 0 aromatic heterocycles. The third kappa shape index (κ3) is 5.40. The number of rotatable bonds is 6. The highest BCUT2D eigenvalue weighted by Gasteiger charge is 2.22. The zero-order valence-corrected chi connectivity index (χ0v) is 19.8. The first-order valence-corrected chi connectivity index (χ1v) is 10.5. The van der Waals surface area contributed by atoms with Crippen LogP contribution in [0.3, 0.4) is 0 Å². The molecule has 0 bridgehead atoms. The first-order valence-electron chi connectivity index (χ1n) is 9.02. The number of amides is 2. The van der Waals surface area contributed by atoms with Gasteiger partial charge in [-0.05, 0) is 48.5 Å². The molecule has 0 radical (unpaired) electrons. The SMILES string of the molecule is COc1ccc(Cl)cc1NC(=O)c1cc(Cl)c(Cl)cc1C(=O)Nc1cc(Cl)ccc1OC. The summed E-state index contributed by atoms with van der Waals surface area (Å²) in [5.74, 6) is -0.463. The normalized spacial score (nSPS) is 10.4. The lowest BCUT2D eigenvalue weighted by Gasteiger charge is -2.15. The topological polar surface area (TPSA) is 76.7 Å². The van der Waals surface area contributed by atoms with E-state index in [1.165, 1.54) is 38.5 Å². The summed E-state index contributed by atoms with van der Waals surface area (Å²) >= 11 is 24.3. The van der Waals surface area contributed by atoms with Crippen molar-refractivity contribution in [2.45, 2.75) is 0 Å². The Balaban J connectivity index is 1.99. The Bertz CT molecular complexity index is 1110. The van der Waals surface area contributed by atoms with Crippen LogP contribution in [0.4, 0.5) is 11.4 Å². The van der Waals surface area contributed by atoms with E-state index in [4.69, 9.17) is 55.9 Å². The van der Waals surface area contributed by atoms with Crippen molar-refractivity contribution >= 4 is 69.6 Å². The van der Waals surface area contributed by atoms with Crippen LogP contribution in [0.15, 0.2) is 48.5 Å². The standard InChI is InChI=1S/C22H16Cl4N2O4/c1-31-19-5-3-11(23)7-17(19)27-21(29)13-9-15(25)16(26)10-14(13)22(30)28-18-8-12(24)4-6-20(18)32-2/h3-10H,1-2H3,(H,27,29)(H,28,30). The molecular weight excluding hydrogens is 498 g/mol. The van der Waals surface area contributed by atoms with Gasteiger partial charge in [0.1, 0.15) is 11.5 Å². The quantitative estimate of drug-likeness (QED) is 0.379. The van der Waals surface area contributed by atoms with Crippen LogP contribution in [-0.2, 0) is 0 Å². The van der Waals surface area contributed by atoms with Crippen LogP contribution in [0.2, 0.25) is 20.1 Å². The van der Waals surface area contributed by atoms with Crippen molar-refractivity contribution in [3.05, 3.63) is 79.7 Å². The molecule has 0 aliphatic rings. The third-order valence-electron chi connectivity index (χ3n) is 4.37. The van der Waals surface area contributed by atoms with Crippen LogP contribution < -0.4 is 20.1 Å². The molecule has 3 aromatic rings. The molecular formula is C22H16Cl4N2O4. The molecule has 0 spiro atoms. The van der Waals surface area contributed by atoms with Gasteiger partial charge in [-0.25, -0.2) is 0 Å². The first-order chi connectivity index (χ1) is 15.2. The molecule has 166 valence electrons. The van der Waals surface area contributed by atoms with Crippen molar-refractivity contribution in [3.63, 3.8) is 0 Å². The van der Waals surface area contributed by atoms with Gasteiger partial charge >= 0.3 is 0 Å². The van der Waals surface area contributed by atoms with Crippen LogP contribution in [0.25, 0.3) is 0 Å². The van der Waals surface area contributed by atoms with E-state index in [1.54, 1.807) is 24.3 Å². The van der Waals surface area contributed by atoms with Crippen molar-refractivity contribution < 1.29 is 19.1 Å². The number of ether oxygens (including phenoxy) is 2. The summed E-state index contributed by atoms with van der Waals surface area (Å²) in [4.78, 5) is 26.1. The largest absolute Gasteiger partial charge is 0.495 e. The number of benzene rings is 3. The van der Waals surface area contributed by atoms with Crippen molar-refractivity contribution in [2.75, 3.05) is 24.9 Å². The lowest BCUT2D eigenvalue weighted by Crippen LogP contribution is -2.21. The number of anilines is 2. The molecule has 2 amide bonds. The lowest BCUT2D eigenvalue weighted by molar-refractivity contribution is 0.0990. The second-order valence-electron chi connectivity index (χ2n) is 6.41. The van der Waals surface area contributed by atoms with Gasteiger partial charge in [0.2, 0.25) is 0 Å². The van der Waals surface area contributed by atoms with Crippen molar-refractivity contribution in [2.24, 2.45) is 0 Å². The summed E-state index contributed by atoms with van der Waals surface area (Å²) in [6.45, 7) is 0. The Kier molecular flexibility index (Phi) is 7.74. The van der Waals surface area contributed by atoms with Gasteiger partial charge in [0.15, 0.2) is 0 Å². The van der Waals surface area contributed by atoms with E-state index in [-0.39, 0.29) is 21.2 Å². The Labute approximate surface area is 204 Å². The van der Waals surface area contributed by atoms with Gasteiger partial charge in [-0.2, -0.15) is 0 Å². The van der Waals surface area contributed by atoms with Crippen molar-refractivity contribution in [3.8, 4) is 11.5 Å². The van der Waals surface area contributed by atoms with Gasteiger partial charge in [-0.15, -0.1) is 0 Å². The number of methoxy groups -OCH3 is 2. The number of hydrogen-bond acceptors (Lipinski definition) is 4. The summed E-state index contributed by atoms with van der Waals surface area (Å²) in [6.07, 6.45) is 0. The van der Waals surface area contributed by atoms with E-state index in [1.807, 2.05) is 0 Å². The number of hydrogen-bond donors (Lipinski definition) is 2. The van der Waals surface area contributed by atoms with Crippen LogP contribution in [-0.4, -0.2) is 26.0 Å². The number of carbonyl (C=O) groups is 2. The molecule has 2 N–H and O–H groups in total. The molecule has 0 aliphatic carbocycles. The molecule has 3 rings (SSSR count). The van der Waals surface area contributed by atoms with Crippen molar-refractivity contribution in [1.29, 1.82) is 0 Å². The molecule has 0 saturated carbocycles. The predicted molar refractivity (Wildman–Crippen MR) is 128 cm³/mol. The fourth-order valence-corrected chi connectivity index (χ4v) is 3.53. The highest BCUT2D eigenvalue weighted by molar-refractivity contribution is 6.42. The van der Waals surface area contributed by atoms with Gasteiger partial charge in [0.05, 0.1) is 46.8 Å². The highest BCUT2D eigenvalue weighted by atomic mass is 35.5. The maximum atomic E-state index is 13.1. The molecule has 32 heavy (non-hydrogen) atoms. The van der Waals surface area contributed by atoms with Gasteiger partial charge in [0, 0.05) is 10.0 Å². The van der Waals surface area contributed by atoms with E-state index < -0.39 is 11.8 Å². The van der Waals surface area contributed by atoms with E-state index in [2.05, 4.69) is 10.6 Å². The molecule has 0 aliphatic heterocycles. The van der Waals surface area contributed by atoms with Gasteiger partial charge in [-0.3, -0.25) is 9.59 Å². The first kappa shape index (κ1) is 24.0. The van der Waals surface area contributed by atoms with E-state index in [0.717, 1.165) is 0 Å². The lowest BCUT2D eigenvalue weighted by atomic mass is 10.1. The minimum atomic E-state index is -0.618. The van der Waals surface area contributed by atoms with Gasteiger partial charge in [-0.1, -0.05) is 46.4 Å². The Morgan fingerprint density at radius 1 is 0.656 bits per heavy atom. The van der Waals surface area contributed by atoms with Gasteiger partial charge < -0.3 is 20.1 Å². The molecule has 0 atom stereocenters. The summed E-state index contributed by atoms with van der Waals surface area (Å²) in [7, 11) is 2.91. The fourth-order valence-electron chi connectivity index (χ4n) is 2.86. The van der Waals surface area contributed by atoms with E-state index in [0.29, 0.717) is 32.9 Å². The third-order valence-corrected chi connectivity index (χ3v) is 5.56. The minimum Gasteiger partial charge on any atom is -0.495 e. The zero-order valence-electron chi connectivity index (χ0n) is 16.8. The van der Waals surface area contributed by atoms with Crippen molar-refractivity contribution in [1.82, 2.24) is 0 Å². The second kappa shape index (κ2) is 10.3. The summed E-state index contributed by atoms with van der Waals surface area (Å²) in [6, 6.07) is 12.1. The zero-order chi connectivity index (χ0) is 23.4. The van der Waals surface area contributed by atoms with Gasteiger partial charge in [0.25, 0.3) is 11.8 Å².